The van der Waals surface area contributed by atoms with Crippen LogP contribution < -0.4 is 0 Å². The highest BCUT2D eigenvalue weighted by Crippen LogP contribution is 2.13. The molecular weight excluding hydrogens is 257 g/mol. The van der Waals surface area contributed by atoms with Gasteiger partial charge in [-0.25, -0.2) is 14.1 Å². The molecule has 5 nitrogen and oxygen atoms in total. The fourth-order valence-corrected chi connectivity index (χ4v) is 1.97. The summed E-state index contributed by atoms with van der Waals surface area (Å²) in [6.07, 6.45) is 5.43. The third-order valence-corrected chi connectivity index (χ3v) is 3.22. The highest BCUT2D eigenvalue weighted by Gasteiger charge is 2.06. The normalized spacial score (nSPS) is 10.9. The van der Waals surface area contributed by atoms with Crippen molar-refractivity contribution < 1.29 is 4.39 Å². The van der Waals surface area contributed by atoms with Crippen molar-refractivity contribution in [2.45, 2.75) is 20.4 Å². The van der Waals surface area contributed by atoms with E-state index in [1.807, 2.05) is 23.8 Å². The van der Waals surface area contributed by atoms with Crippen LogP contribution in [-0.4, -0.2) is 24.5 Å². The lowest BCUT2D eigenvalue weighted by Gasteiger charge is -2.02. The maximum absolute atomic E-state index is 13.6. The van der Waals surface area contributed by atoms with Gasteiger partial charge in [0.1, 0.15) is 17.3 Å². The molecule has 0 amide bonds. The second-order valence-corrected chi connectivity index (χ2v) is 4.69. The molecule has 6 heteroatoms. The van der Waals surface area contributed by atoms with Gasteiger partial charge in [0.15, 0.2) is 0 Å². The number of hydrogen-bond donors (Lipinski definition) is 0. The molecule has 0 fully saturated rings. The van der Waals surface area contributed by atoms with E-state index < -0.39 is 0 Å². The first-order valence-corrected chi connectivity index (χ1v) is 6.29. The lowest BCUT2D eigenvalue weighted by atomic mass is 10.2. The second-order valence-electron chi connectivity index (χ2n) is 4.69. The molecule has 0 bridgehead atoms. The minimum absolute atomic E-state index is 0.245. The zero-order valence-electron chi connectivity index (χ0n) is 11.3. The van der Waals surface area contributed by atoms with Gasteiger partial charge in [0, 0.05) is 12.4 Å². The minimum atomic E-state index is -0.245. The van der Waals surface area contributed by atoms with Gasteiger partial charge in [0.25, 0.3) is 0 Å². The van der Waals surface area contributed by atoms with Crippen molar-refractivity contribution in [2.24, 2.45) is 0 Å². The molecule has 0 saturated heterocycles. The molecule has 0 saturated carbocycles. The fraction of sp³-hybridized carbons (Fsp3) is 0.214. The molecule has 0 aliphatic rings. The Balaban J connectivity index is 1.86. The van der Waals surface area contributed by atoms with E-state index in [-0.39, 0.29) is 5.82 Å². The first-order chi connectivity index (χ1) is 9.63. The maximum atomic E-state index is 13.6. The third kappa shape index (κ3) is 2.32. The highest BCUT2D eigenvalue weighted by molar-refractivity contribution is 5.34. The molecule has 0 N–H and O–H groups in total. The first kappa shape index (κ1) is 12.5. The maximum Gasteiger partial charge on any atom is 0.128 e. The molecule has 0 atom stereocenters. The van der Waals surface area contributed by atoms with Gasteiger partial charge in [-0.3, -0.25) is 0 Å². The zero-order valence-corrected chi connectivity index (χ0v) is 11.3. The Morgan fingerprint density at radius 1 is 1.25 bits per heavy atom. The van der Waals surface area contributed by atoms with Crippen molar-refractivity contribution in [3.05, 3.63) is 59.7 Å². The summed E-state index contributed by atoms with van der Waals surface area (Å²) in [5.41, 5.74) is 2.07. The van der Waals surface area contributed by atoms with E-state index in [1.54, 1.807) is 30.1 Å². The largest absolute Gasteiger partial charge is 0.329 e. The molecule has 102 valence electrons. The van der Waals surface area contributed by atoms with Crippen LogP contribution in [0, 0.1) is 19.7 Å². The Morgan fingerprint density at radius 3 is 2.80 bits per heavy atom. The van der Waals surface area contributed by atoms with E-state index in [0.717, 1.165) is 11.5 Å². The van der Waals surface area contributed by atoms with Crippen molar-refractivity contribution in [2.75, 3.05) is 0 Å². The third-order valence-electron chi connectivity index (χ3n) is 3.22. The van der Waals surface area contributed by atoms with Crippen LogP contribution in [0.3, 0.4) is 0 Å². The Kier molecular flexibility index (Phi) is 3.06. The summed E-state index contributed by atoms with van der Waals surface area (Å²) in [5.74, 6) is 0.672. The summed E-state index contributed by atoms with van der Waals surface area (Å²) < 4.78 is 17.1. The van der Waals surface area contributed by atoms with Crippen molar-refractivity contribution in [1.29, 1.82) is 0 Å². The Labute approximate surface area is 115 Å². The second kappa shape index (κ2) is 4.88. The molecule has 3 aromatic rings. The van der Waals surface area contributed by atoms with E-state index in [9.17, 15) is 4.39 Å². The van der Waals surface area contributed by atoms with Crippen LogP contribution in [-0.2, 0) is 6.54 Å². The van der Waals surface area contributed by atoms with Crippen molar-refractivity contribution in [3.8, 4) is 5.69 Å². The van der Waals surface area contributed by atoms with Gasteiger partial charge in [-0.1, -0.05) is 11.3 Å². The van der Waals surface area contributed by atoms with Crippen molar-refractivity contribution >= 4 is 0 Å². The monoisotopic (exact) mass is 271 g/mol. The summed E-state index contributed by atoms with van der Waals surface area (Å²) in [6, 6.07) is 5.00. The molecule has 20 heavy (non-hydrogen) atoms. The lowest BCUT2D eigenvalue weighted by molar-refractivity contribution is 0.615. The summed E-state index contributed by atoms with van der Waals surface area (Å²) in [4.78, 5) is 4.16. The molecule has 0 spiro atoms. The number of rotatable bonds is 3. The van der Waals surface area contributed by atoms with Gasteiger partial charge in [0.2, 0.25) is 0 Å². The summed E-state index contributed by atoms with van der Waals surface area (Å²) >= 11 is 0. The summed E-state index contributed by atoms with van der Waals surface area (Å²) in [5, 5.41) is 8.14. The van der Waals surface area contributed by atoms with E-state index in [1.165, 1.54) is 6.07 Å². The lowest BCUT2D eigenvalue weighted by Crippen LogP contribution is -2.01. The van der Waals surface area contributed by atoms with Crippen LogP contribution in [0.15, 0.2) is 36.8 Å². The van der Waals surface area contributed by atoms with Crippen molar-refractivity contribution in [1.82, 2.24) is 24.5 Å². The van der Waals surface area contributed by atoms with Gasteiger partial charge in [-0.2, -0.15) is 0 Å². The van der Waals surface area contributed by atoms with Crippen molar-refractivity contribution in [3.63, 3.8) is 0 Å². The van der Waals surface area contributed by atoms with E-state index in [0.29, 0.717) is 17.8 Å². The van der Waals surface area contributed by atoms with Crippen LogP contribution in [0.2, 0.25) is 0 Å². The molecule has 2 heterocycles. The smallest absolute Gasteiger partial charge is 0.128 e. The molecule has 1 aromatic carbocycles. The van der Waals surface area contributed by atoms with Crippen LogP contribution in [0.25, 0.3) is 5.69 Å². The molecule has 0 radical (unpaired) electrons. The van der Waals surface area contributed by atoms with Gasteiger partial charge < -0.3 is 4.57 Å². The molecular formula is C14H14FN5. The number of aromatic nitrogens is 5. The number of halogens is 1. The predicted octanol–water partition coefficient (Wildman–Crippen LogP) is 2.27. The van der Waals surface area contributed by atoms with Gasteiger partial charge >= 0.3 is 0 Å². The standard InChI is InChI=1S/C14H14FN5/c1-10-3-4-13(7-14(10)15)20-9-12(17-18-20)8-19-6-5-16-11(19)2/h3-7,9H,8H2,1-2H3. The Morgan fingerprint density at radius 2 is 2.10 bits per heavy atom. The average Bonchev–Trinajstić information content (AvgIpc) is 3.04. The van der Waals surface area contributed by atoms with Gasteiger partial charge in [-0.05, 0) is 31.5 Å². The summed E-state index contributed by atoms with van der Waals surface area (Å²) in [6.45, 7) is 4.26. The number of aryl methyl sites for hydroxylation is 2. The highest BCUT2D eigenvalue weighted by atomic mass is 19.1. The Bertz CT molecular complexity index is 744. The molecule has 3 rings (SSSR count). The molecule has 2 aromatic heterocycles. The van der Waals surface area contributed by atoms with Crippen LogP contribution in [0.5, 0.6) is 0 Å². The van der Waals surface area contributed by atoms with E-state index in [4.69, 9.17) is 0 Å². The molecule has 0 aliphatic heterocycles. The predicted molar refractivity (Wildman–Crippen MR) is 72.1 cm³/mol. The Hall–Kier alpha value is -2.50. The van der Waals surface area contributed by atoms with E-state index in [2.05, 4.69) is 15.3 Å². The molecule has 0 aliphatic carbocycles. The van der Waals surface area contributed by atoms with E-state index >= 15 is 0 Å². The molecule has 0 unspecified atom stereocenters. The van der Waals surface area contributed by atoms with Crippen LogP contribution in [0.1, 0.15) is 17.1 Å². The summed E-state index contributed by atoms with van der Waals surface area (Å²) in [7, 11) is 0. The number of imidazole rings is 1. The average molecular weight is 271 g/mol. The SMILES string of the molecule is Cc1ccc(-n2cc(Cn3ccnc3C)nn2)cc1F. The number of nitrogens with zero attached hydrogens (tertiary/aromatic N) is 5. The van der Waals surface area contributed by atoms with Gasteiger partial charge in [-0.15, -0.1) is 5.10 Å². The minimum Gasteiger partial charge on any atom is -0.329 e. The number of hydrogen-bond acceptors (Lipinski definition) is 3. The quantitative estimate of drug-likeness (QED) is 0.734. The number of benzene rings is 1. The van der Waals surface area contributed by atoms with Gasteiger partial charge in [0.05, 0.1) is 18.4 Å². The topological polar surface area (TPSA) is 48.5 Å². The fourth-order valence-electron chi connectivity index (χ4n) is 1.97. The first-order valence-electron chi connectivity index (χ1n) is 6.29. The zero-order chi connectivity index (χ0) is 14.1. The van der Waals surface area contributed by atoms with Crippen LogP contribution >= 0.6 is 0 Å². The van der Waals surface area contributed by atoms with Crippen LogP contribution in [0.4, 0.5) is 4.39 Å².